The van der Waals surface area contributed by atoms with E-state index >= 15 is 0 Å². The highest BCUT2D eigenvalue weighted by Crippen LogP contribution is 2.34. The molecule has 6 rings (SSSR count). The molecule has 6 heterocycles. The van der Waals surface area contributed by atoms with Crippen LogP contribution in [-0.2, 0) is 4.79 Å². The molecule has 3 aromatic rings. The van der Waals surface area contributed by atoms with E-state index in [0.717, 1.165) is 57.3 Å². The lowest BCUT2D eigenvalue weighted by Crippen LogP contribution is -2.58. The van der Waals surface area contributed by atoms with Gasteiger partial charge >= 0.3 is 0 Å². The van der Waals surface area contributed by atoms with Crippen LogP contribution in [0.3, 0.4) is 0 Å². The summed E-state index contributed by atoms with van der Waals surface area (Å²) >= 11 is 0. The summed E-state index contributed by atoms with van der Waals surface area (Å²) in [5.41, 5.74) is 6.79. The Balaban J connectivity index is 1.10. The average Bonchev–Trinajstić information content (AvgIpc) is 3.54. The Morgan fingerprint density at radius 2 is 1.80 bits per heavy atom. The van der Waals surface area contributed by atoms with Gasteiger partial charge in [0.25, 0.3) is 0 Å². The Morgan fingerprint density at radius 3 is 2.43 bits per heavy atom. The summed E-state index contributed by atoms with van der Waals surface area (Å²) in [7, 11) is 0. The minimum atomic E-state index is -0.179. The minimum absolute atomic E-state index is 0.179. The van der Waals surface area contributed by atoms with Crippen LogP contribution in [0, 0.1) is 11.8 Å². The molecule has 0 unspecified atom stereocenters. The molecule has 35 heavy (non-hydrogen) atoms. The summed E-state index contributed by atoms with van der Waals surface area (Å²) < 4.78 is 6.92. The molecule has 10 nitrogen and oxygen atoms in total. The number of nitrogen functional groups attached to an aromatic ring is 1. The lowest BCUT2D eigenvalue weighted by Gasteiger charge is -2.45. The molecule has 10 heteroatoms. The third-order valence-electron chi connectivity index (χ3n) is 8.27. The topological polar surface area (TPSA) is 109 Å². The number of anilines is 2. The predicted octanol–water partition coefficient (Wildman–Crippen LogP) is 2.52. The number of carbonyl (C=O) groups excluding carboxylic acids is 1. The summed E-state index contributed by atoms with van der Waals surface area (Å²) in [6.45, 7) is 8.39. The standard InChI is InChI=1S/C25H34N8O2/c1-2-30-10-5-17(6-11-30)18-7-12-31(13-8-18)24(34)19-9-14-32(19)21-16-22-27-23(20-4-3-15-35-20)29-33(22)25(26)28-21/h3-4,15-19H,2,5-14H2,1H3,(H2,26,28)/t19-/m0/s1. The molecule has 1 amide bonds. The first-order valence-electron chi connectivity index (χ1n) is 13.0. The number of fused-ring (bicyclic) bond motifs is 1. The van der Waals surface area contributed by atoms with E-state index in [0.29, 0.717) is 23.0 Å². The van der Waals surface area contributed by atoms with E-state index in [1.807, 2.05) is 11.0 Å². The lowest BCUT2D eigenvalue weighted by molar-refractivity contribution is -0.135. The van der Waals surface area contributed by atoms with Gasteiger partial charge in [-0.2, -0.15) is 9.50 Å². The highest BCUT2D eigenvalue weighted by Gasteiger charge is 2.40. The van der Waals surface area contributed by atoms with Gasteiger partial charge in [0.05, 0.1) is 6.26 Å². The maximum atomic E-state index is 13.4. The van der Waals surface area contributed by atoms with Crippen molar-refractivity contribution in [2.24, 2.45) is 11.8 Å². The van der Waals surface area contributed by atoms with E-state index in [2.05, 4.69) is 31.8 Å². The number of hydrogen-bond donors (Lipinski definition) is 1. The highest BCUT2D eigenvalue weighted by atomic mass is 16.3. The first-order valence-corrected chi connectivity index (χ1v) is 13.0. The number of piperidine rings is 2. The Labute approximate surface area is 205 Å². The number of furan rings is 1. The van der Waals surface area contributed by atoms with E-state index in [1.54, 1.807) is 18.4 Å². The van der Waals surface area contributed by atoms with Gasteiger partial charge in [0.1, 0.15) is 11.9 Å². The number of carbonyl (C=O) groups is 1. The first-order chi connectivity index (χ1) is 17.1. The molecular formula is C25H34N8O2. The van der Waals surface area contributed by atoms with E-state index in [1.165, 1.54) is 30.4 Å². The Hall–Kier alpha value is -3.14. The molecule has 1 atom stereocenters. The Bertz CT molecular complexity index is 1180. The first kappa shape index (κ1) is 22.3. The van der Waals surface area contributed by atoms with Crippen LogP contribution < -0.4 is 10.6 Å². The molecule has 0 aliphatic carbocycles. The Morgan fingerprint density at radius 1 is 1.06 bits per heavy atom. The summed E-state index contributed by atoms with van der Waals surface area (Å²) in [6.07, 6.45) is 7.29. The van der Waals surface area contributed by atoms with Gasteiger partial charge in [-0.15, -0.1) is 5.10 Å². The quantitative estimate of drug-likeness (QED) is 0.596. The Kier molecular flexibility index (Phi) is 5.83. The number of amides is 1. The van der Waals surface area contributed by atoms with Crippen molar-refractivity contribution in [3.05, 3.63) is 24.5 Å². The highest BCUT2D eigenvalue weighted by molar-refractivity contribution is 5.87. The van der Waals surface area contributed by atoms with Crippen LogP contribution in [0.15, 0.2) is 28.9 Å². The number of nitrogens with two attached hydrogens (primary N) is 1. The second kappa shape index (κ2) is 9.14. The number of rotatable bonds is 5. The number of nitrogens with zero attached hydrogens (tertiary/aromatic N) is 7. The molecule has 3 aliphatic heterocycles. The van der Waals surface area contributed by atoms with Gasteiger partial charge in [0.15, 0.2) is 11.4 Å². The second-order valence-corrected chi connectivity index (χ2v) is 10.1. The van der Waals surface area contributed by atoms with Crippen LogP contribution in [0.5, 0.6) is 0 Å². The van der Waals surface area contributed by atoms with E-state index < -0.39 is 0 Å². The molecule has 2 N–H and O–H groups in total. The number of likely N-dealkylation sites (tertiary alicyclic amines) is 2. The zero-order valence-electron chi connectivity index (χ0n) is 20.3. The fourth-order valence-corrected chi connectivity index (χ4v) is 6.02. The van der Waals surface area contributed by atoms with Gasteiger partial charge in [0.2, 0.25) is 17.7 Å². The van der Waals surface area contributed by atoms with Crippen molar-refractivity contribution in [3.63, 3.8) is 0 Å². The van der Waals surface area contributed by atoms with Gasteiger partial charge in [-0.3, -0.25) is 4.79 Å². The van der Waals surface area contributed by atoms with Crippen LogP contribution in [0.2, 0.25) is 0 Å². The number of aromatic nitrogens is 4. The predicted molar refractivity (Wildman–Crippen MR) is 133 cm³/mol. The van der Waals surface area contributed by atoms with Gasteiger partial charge in [-0.1, -0.05) is 6.92 Å². The fourth-order valence-electron chi connectivity index (χ4n) is 6.02. The largest absolute Gasteiger partial charge is 0.461 e. The third kappa shape index (κ3) is 4.13. The van der Waals surface area contributed by atoms with Gasteiger partial charge in [0, 0.05) is 25.7 Å². The maximum Gasteiger partial charge on any atom is 0.245 e. The number of hydrogen-bond acceptors (Lipinski definition) is 8. The van der Waals surface area contributed by atoms with Gasteiger partial charge in [-0.05, 0) is 75.7 Å². The molecule has 0 radical (unpaired) electrons. The third-order valence-corrected chi connectivity index (χ3v) is 8.27. The van der Waals surface area contributed by atoms with Crippen molar-refractivity contribution in [3.8, 4) is 11.6 Å². The van der Waals surface area contributed by atoms with Crippen molar-refractivity contribution in [1.29, 1.82) is 0 Å². The van der Waals surface area contributed by atoms with Crippen molar-refractivity contribution >= 4 is 23.3 Å². The lowest BCUT2D eigenvalue weighted by atomic mass is 9.78. The van der Waals surface area contributed by atoms with Gasteiger partial charge in [-0.25, -0.2) is 4.98 Å². The molecule has 3 fully saturated rings. The molecule has 0 saturated carbocycles. The van der Waals surface area contributed by atoms with Crippen molar-refractivity contribution in [2.75, 3.05) is 49.9 Å². The molecule has 3 saturated heterocycles. The summed E-state index contributed by atoms with van der Waals surface area (Å²) in [5.74, 6) is 3.75. The SMILES string of the molecule is CCN1CCC(C2CCN(C(=O)[C@@H]3CCN3c3cc4nc(-c5ccco5)nn4c(N)n3)CC2)CC1. The second-order valence-electron chi connectivity index (χ2n) is 10.1. The molecule has 3 aromatic heterocycles. The van der Waals surface area contributed by atoms with Crippen LogP contribution in [-0.4, -0.2) is 80.6 Å². The monoisotopic (exact) mass is 478 g/mol. The van der Waals surface area contributed by atoms with Crippen molar-refractivity contribution in [2.45, 2.75) is 45.1 Å². The fraction of sp³-hybridized carbons (Fsp3) is 0.600. The van der Waals surface area contributed by atoms with Crippen LogP contribution in [0.4, 0.5) is 11.8 Å². The van der Waals surface area contributed by atoms with Gasteiger partial charge < -0.3 is 24.9 Å². The van der Waals surface area contributed by atoms with Crippen LogP contribution in [0.1, 0.15) is 39.0 Å². The molecule has 3 aliphatic rings. The molecular weight excluding hydrogens is 444 g/mol. The smallest absolute Gasteiger partial charge is 0.245 e. The maximum absolute atomic E-state index is 13.4. The normalized spacial score (nSPS) is 22.6. The molecule has 0 aromatic carbocycles. The summed E-state index contributed by atoms with van der Waals surface area (Å²) in [4.78, 5) is 29.2. The zero-order valence-corrected chi connectivity index (χ0v) is 20.3. The van der Waals surface area contributed by atoms with Crippen molar-refractivity contribution in [1.82, 2.24) is 29.4 Å². The zero-order chi connectivity index (χ0) is 23.9. The van der Waals surface area contributed by atoms with Crippen molar-refractivity contribution < 1.29 is 9.21 Å². The molecule has 186 valence electrons. The summed E-state index contributed by atoms with van der Waals surface area (Å²) in [5, 5.41) is 4.41. The van der Waals surface area contributed by atoms with Crippen LogP contribution in [0.25, 0.3) is 17.2 Å². The van der Waals surface area contributed by atoms with Crippen LogP contribution >= 0.6 is 0 Å². The molecule has 0 bridgehead atoms. The minimum Gasteiger partial charge on any atom is -0.461 e. The molecule has 0 spiro atoms. The van der Waals surface area contributed by atoms with E-state index in [-0.39, 0.29) is 17.9 Å². The summed E-state index contributed by atoms with van der Waals surface area (Å²) in [6, 6.07) is 5.27. The van der Waals surface area contributed by atoms with E-state index in [9.17, 15) is 4.79 Å². The average molecular weight is 479 g/mol. The van der Waals surface area contributed by atoms with E-state index in [4.69, 9.17) is 10.2 Å².